The first kappa shape index (κ1) is 20.3. The van der Waals surface area contributed by atoms with E-state index >= 15 is 0 Å². The average Bonchev–Trinajstić information content (AvgIpc) is 2.62. The number of nitrogens with one attached hydrogen (secondary N) is 1. The van der Waals surface area contributed by atoms with E-state index in [0.29, 0.717) is 22.2 Å². The van der Waals surface area contributed by atoms with Gasteiger partial charge in [0.15, 0.2) is 0 Å². The highest BCUT2D eigenvalue weighted by atomic mass is 35.5. The number of rotatable bonds is 6. The van der Waals surface area contributed by atoms with Gasteiger partial charge in [0.2, 0.25) is 11.8 Å². The average molecular weight is 393 g/mol. The van der Waals surface area contributed by atoms with Crippen LogP contribution in [0.5, 0.6) is 0 Å². The topological polar surface area (TPSA) is 49.4 Å². The standard InChI is InChI=1S/C20H22Cl2N2O2/c1-13-4-6-15(7-5-13)12-24(14(2)20(26)23-3)19(25)10-16-8-9-17(21)11-18(16)22/h4-9,11,14H,10,12H2,1-3H3,(H,23,26)/t14-/m0/s1. The summed E-state index contributed by atoms with van der Waals surface area (Å²) in [5.74, 6) is -0.390. The van der Waals surface area contributed by atoms with Crippen LogP contribution >= 0.6 is 23.2 Å². The minimum Gasteiger partial charge on any atom is -0.357 e. The molecule has 0 radical (unpaired) electrons. The lowest BCUT2D eigenvalue weighted by molar-refractivity contribution is -0.139. The van der Waals surface area contributed by atoms with Gasteiger partial charge in [-0.3, -0.25) is 9.59 Å². The van der Waals surface area contributed by atoms with E-state index in [1.54, 1.807) is 37.1 Å². The molecule has 0 saturated carbocycles. The van der Waals surface area contributed by atoms with Crippen LogP contribution in [0, 0.1) is 6.92 Å². The molecule has 0 aliphatic rings. The van der Waals surface area contributed by atoms with Gasteiger partial charge < -0.3 is 10.2 Å². The molecule has 2 rings (SSSR count). The van der Waals surface area contributed by atoms with Crippen molar-refractivity contribution in [3.05, 3.63) is 69.2 Å². The predicted octanol–water partition coefficient (Wildman–Crippen LogP) is 4.01. The van der Waals surface area contributed by atoms with Crippen molar-refractivity contribution in [2.75, 3.05) is 7.05 Å². The number of halogens is 2. The summed E-state index contributed by atoms with van der Waals surface area (Å²) in [7, 11) is 1.56. The Morgan fingerprint density at radius 3 is 2.35 bits per heavy atom. The number of carbonyl (C=O) groups is 2. The molecule has 0 heterocycles. The van der Waals surface area contributed by atoms with Crippen molar-refractivity contribution < 1.29 is 9.59 Å². The van der Waals surface area contributed by atoms with Gasteiger partial charge in [-0.2, -0.15) is 0 Å². The predicted molar refractivity (Wildman–Crippen MR) is 105 cm³/mol. The largest absolute Gasteiger partial charge is 0.357 e. The molecular formula is C20H22Cl2N2O2. The van der Waals surface area contributed by atoms with Crippen molar-refractivity contribution >= 4 is 35.0 Å². The number of benzene rings is 2. The van der Waals surface area contributed by atoms with Gasteiger partial charge in [0.05, 0.1) is 6.42 Å². The van der Waals surface area contributed by atoms with E-state index in [9.17, 15) is 9.59 Å². The first-order chi connectivity index (χ1) is 12.3. The highest BCUT2D eigenvalue weighted by Crippen LogP contribution is 2.22. The van der Waals surface area contributed by atoms with Crippen LogP contribution in [-0.4, -0.2) is 29.8 Å². The van der Waals surface area contributed by atoms with Crippen LogP contribution in [-0.2, 0) is 22.6 Å². The summed E-state index contributed by atoms with van der Waals surface area (Å²) in [4.78, 5) is 26.6. The summed E-state index contributed by atoms with van der Waals surface area (Å²) in [6, 6.07) is 12.3. The fraction of sp³-hybridized carbons (Fsp3) is 0.300. The zero-order valence-electron chi connectivity index (χ0n) is 15.1. The Bertz CT molecular complexity index is 791. The van der Waals surface area contributed by atoms with Gasteiger partial charge in [-0.15, -0.1) is 0 Å². The van der Waals surface area contributed by atoms with E-state index in [4.69, 9.17) is 23.2 Å². The van der Waals surface area contributed by atoms with E-state index in [2.05, 4.69) is 5.32 Å². The lowest BCUT2D eigenvalue weighted by Crippen LogP contribution is -2.47. The highest BCUT2D eigenvalue weighted by Gasteiger charge is 2.26. The molecule has 138 valence electrons. The quantitative estimate of drug-likeness (QED) is 0.806. The maximum absolute atomic E-state index is 12.9. The Morgan fingerprint density at radius 2 is 1.77 bits per heavy atom. The van der Waals surface area contributed by atoms with Gasteiger partial charge in [-0.05, 0) is 37.1 Å². The van der Waals surface area contributed by atoms with E-state index in [1.807, 2.05) is 31.2 Å². The number of nitrogens with zero attached hydrogens (tertiary/aromatic N) is 1. The molecule has 0 aliphatic carbocycles. The zero-order chi connectivity index (χ0) is 19.3. The molecule has 26 heavy (non-hydrogen) atoms. The van der Waals surface area contributed by atoms with E-state index in [0.717, 1.165) is 11.1 Å². The molecular weight excluding hydrogens is 371 g/mol. The summed E-state index contributed by atoms with van der Waals surface area (Å²) in [6.45, 7) is 4.07. The molecule has 1 atom stereocenters. The van der Waals surface area contributed by atoms with Gasteiger partial charge in [0.1, 0.15) is 6.04 Å². The zero-order valence-corrected chi connectivity index (χ0v) is 16.6. The molecule has 2 aromatic carbocycles. The third-order valence-electron chi connectivity index (χ3n) is 4.24. The van der Waals surface area contributed by atoms with Crippen LogP contribution in [0.1, 0.15) is 23.6 Å². The number of hydrogen-bond donors (Lipinski definition) is 1. The highest BCUT2D eigenvalue weighted by molar-refractivity contribution is 6.35. The van der Waals surface area contributed by atoms with Crippen molar-refractivity contribution in [3.8, 4) is 0 Å². The smallest absolute Gasteiger partial charge is 0.242 e. The summed E-state index contributed by atoms with van der Waals surface area (Å²) in [5, 5.41) is 3.56. The van der Waals surface area contributed by atoms with Crippen LogP contribution in [0.3, 0.4) is 0 Å². The van der Waals surface area contributed by atoms with E-state index in [1.165, 1.54) is 0 Å². The van der Waals surface area contributed by atoms with Gasteiger partial charge in [-0.1, -0.05) is 59.1 Å². The van der Waals surface area contributed by atoms with Gasteiger partial charge in [-0.25, -0.2) is 0 Å². The Kier molecular flexibility index (Phi) is 7.06. The van der Waals surface area contributed by atoms with E-state index < -0.39 is 6.04 Å². The van der Waals surface area contributed by atoms with Crippen LogP contribution in [0.2, 0.25) is 10.0 Å². The fourth-order valence-corrected chi connectivity index (χ4v) is 3.09. The lowest BCUT2D eigenvalue weighted by atomic mass is 10.1. The maximum Gasteiger partial charge on any atom is 0.242 e. The molecule has 0 fully saturated rings. The van der Waals surface area contributed by atoms with Crippen molar-refractivity contribution in [1.29, 1.82) is 0 Å². The summed E-state index contributed by atoms with van der Waals surface area (Å²) < 4.78 is 0. The maximum atomic E-state index is 12.9. The lowest BCUT2D eigenvalue weighted by Gasteiger charge is -2.28. The third-order valence-corrected chi connectivity index (χ3v) is 4.83. The third kappa shape index (κ3) is 5.23. The molecule has 0 aromatic heterocycles. The molecule has 4 nitrogen and oxygen atoms in total. The normalized spacial score (nSPS) is 11.7. The first-order valence-corrected chi connectivity index (χ1v) is 9.08. The summed E-state index contributed by atoms with van der Waals surface area (Å²) in [5.41, 5.74) is 2.78. The molecule has 2 aromatic rings. The van der Waals surface area contributed by atoms with Crippen LogP contribution in [0.15, 0.2) is 42.5 Å². The molecule has 6 heteroatoms. The Balaban J connectivity index is 2.25. The Morgan fingerprint density at radius 1 is 1.12 bits per heavy atom. The van der Waals surface area contributed by atoms with Crippen molar-refractivity contribution in [2.24, 2.45) is 0 Å². The van der Waals surface area contributed by atoms with Gasteiger partial charge in [0.25, 0.3) is 0 Å². The second-order valence-electron chi connectivity index (χ2n) is 6.21. The number of hydrogen-bond acceptors (Lipinski definition) is 2. The molecule has 0 saturated heterocycles. The van der Waals surface area contributed by atoms with Crippen LogP contribution in [0.4, 0.5) is 0 Å². The minimum absolute atomic E-state index is 0.100. The molecule has 2 amide bonds. The van der Waals surface area contributed by atoms with Gasteiger partial charge >= 0.3 is 0 Å². The SMILES string of the molecule is CNC(=O)[C@H](C)N(Cc1ccc(C)cc1)C(=O)Cc1ccc(Cl)cc1Cl. The molecule has 0 unspecified atom stereocenters. The van der Waals surface area contributed by atoms with Crippen molar-refractivity contribution in [1.82, 2.24) is 10.2 Å². The van der Waals surface area contributed by atoms with Crippen molar-refractivity contribution in [3.63, 3.8) is 0 Å². The van der Waals surface area contributed by atoms with E-state index in [-0.39, 0.29) is 18.2 Å². The second kappa shape index (κ2) is 9.06. The number of amides is 2. The summed E-state index contributed by atoms with van der Waals surface area (Å²) in [6.07, 6.45) is 0.100. The first-order valence-electron chi connectivity index (χ1n) is 8.32. The molecule has 0 bridgehead atoms. The monoisotopic (exact) mass is 392 g/mol. The Hall–Kier alpha value is -2.04. The molecule has 1 N–H and O–H groups in total. The summed E-state index contributed by atoms with van der Waals surface area (Å²) >= 11 is 12.1. The minimum atomic E-state index is -0.597. The van der Waals surface area contributed by atoms with Gasteiger partial charge in [0, 0.05) is 23.6 Å². The molecule has 0 spiro atoms. The van der Waals surface area contributed by atoms with Crippen LogP contribution < -0.4 is 5.32 Å². The number of likely N-dealkylation sites (N-methyl/N-ethyl adjacent to an activating group) is 1. The fourth-order valence-electron chi connectivity index (χ4n) is 2.61. The van der Waals surface area contributed by atoms with Crippen LogP contribution in [0.25, 0.3) is 0 Å². The number of carbonyl (C=O) groups excluding carboxylic acids is 2. The molecule has 0 aliphatic heterocycles. The number of aryl methyl sites for hydroxylation is 1. The van der Waals surface area contributed by atoms with Crippen molar-refractivity contribution in [2.45, 2.75) is 32.9 Å². The Labute approximate surface area is 164 Å². The second-order valence-corrected chi connectivity index (χ2v) is 7.05.